The van der Waals surface area contributed by atoms with E-state index in [0.717, 1.165) is 0 Å². The SMILES string of the molecule is c1ccc(S(c2ccccc2)(c2ccccc2)c2cccc(-c3cccc4c3sc3ccccc34)c2)cc1. The van der Waals surface area contributed by atoms with Crippen molar-refractivity contribution in [1.82, 2.24) is 0 Å². The highest BCUT2D eigenvalue weighted by Crippen LogP contribution is 2.73. The van der Waals surface area contributed by atoms with Crippen molar-refractivity contribution in [3.8, 4) is 11.1 Å². The van der Waals surface area contributed by atoms with Crippen molar-refractivity contribution in [2.24, 2.45) is 0 Å². The first-order valence-electron chi connectivity index (χ1n) is 12.8. The van der Waals surface area contributed by atoms with Crippen LogP contribution < -0.4 is 0 Å². The maximum absolute atomic E-state index is 2.45. The molecule has 0 aliphatic rings. The molecule has 7 rings (SSSR count). The van der Waals surface area contributed by atoms with Gasteiger partial charge in [0.05, 0.1) is 0 Å². The predicted molar refractivity (Wildman–Crippen MR) is 165 cm³/mol. The first kappa shape index (κ1) is 23.0. The average molecular weight is 523 g/mol. The number of hydrogen-bond acceptors (Lipinski definition) is 1. The van der Waals surface area contributed by atoms with Gasteiger partial charge in [-0.05, 0) is 65.7 Å². The second-order valence-corrected chi connectivity index (χ2v) is 13.5. The standard InChI is InChI=1S/C36H26S2/c1-4-15-28(16-5-1)38(29-17-6-2-7-18-29,30-19-8-3-9-20-30)31-21-12-14-27(26-31)32-23-13-24-34-33-22-10-11-25-35(33)37-36(32)34/h1-26H. The van der Waals surface area contributed by atoms with Crippen LogP contribution in [0.15, 0.2) is 177 Å². The van der Waals surface area contributed by atoms with Crippen molar-refractivity contribution < 1.29 is 0 Å². The van der Waals surface area contributed by atoms with Crippen LogP contribution in [-0.4, -0.2) is 0 Å². The number of benzene rings is 6. The van der Waals surface area contributed by atoms with Crippen LogP contribution in [0.3, 0.4) is 0 Å². The van der Waals surface area contributed by atoms with Gasteiger partial charge in [0.1, 0.15) is 0 Å². The third kappa shape index (κ3) is 3.68. The zero-order chi connectivity index (χ0) is 25.4. The fraction of sp³-hybridized carbons (Fsp3) is 0. The minimum atomic E-state index is -1.72. The largest absolute Gasteiger partial charge is 0.135 e. The molecular formula is C36H26S2. The molecule has 0 fully saturated rings. The lowest BCUT2D eigenvalue weighted by Crippen LogP contribution is -2.05. The highest BCUT2D eigenvalue weighted by molar-refractivity contribution is 8.34. The van der Waals surface area contributed by atoms with Crippen LogP contribution in [0.1, 0.15) is 0 Å². The van der Waals surface area contributed by atoms with E-state index >= 15 is 0 Å². The second-order valence-electron chi connectivity index (χ2n) is 9.36. The molecule has 0 spiro atoms. The molecule has 0 amide bonds. The van der Waals surface area contributed by atoms with E-state index in [1.165, 1.54) is 50.9 Å². The summed E-state index contributed by atoms with van der Waals surface area (Å²) in [5.74, 6) is 0. The molecule has 0 aliphatic heterocycles. The first-order chi connectivity index (χ1) is 18.9. The summed E-state index contributed by atoms with van der Waals surface area (Å²) in [5.41, 5.74) is 2.56. The van der Waals surface area contributed by atoms with E-state index < -0.39 is 10.0 Å². The van der Waals surface area contributed by atoms with Crippen molar-refractivity contribution >= 4 is 41.5 Å². The Morgan fingerprint density at radius 2 is 0.895 bits per heavy atom. The minimum absolute atomic E-state index is 1.26. The molecule has 182 valence electrons. The summed E-state index contributed by atoms with van der Waals surface area (Å²) in [6, 6.07) is 57.9. The zero-order valence-electron chi connectivity index (χ0n) is 20.8. The zero-order valence-corrected chi connectivity index (χ0v) is 22.5. The third-order valence-corrected chi connectivity index (χ3v) is 12.3. The summed E-state index contributed by atoms with van der Waals surface area (Å²) in [6.45, 7) is 0. The Balaban J connectivity index is 1.53. The Morgan fingerprint density at radius 3 is 1.53 bits per heavy atom. The van der Waals surface area contributed by atoms with Crippen molar-refractivity contribution in [1.29, 1.82) is 0 Å². The Kier molecular flexibility index (Phi) is 5.85. The topological polar surface area (TPSA) is 0 Å². The minimum Gasteiger partial charge on any atom is -0.135 e. The molecule has 0 saturated heterocycles. The molecule has 0 saturated carbocycles. The van der Waals surface area contributed by atoms with E-state index in [1.54, 1.807) is 0 Å². The summed E-state index contributed by atoms with van der Waals surface area (Å²) >= 11 is 1.89. The average Bonchev–Trinajstić information content (AvgIpc) is 3.39. The second kappa shape index (κ2) is 9.64. The molecule has 0 bridgehead atoms. The summed E-state index contributed by atoms with van der Waals surface area (Å²) in [7, 11) is -1.72. The van der Waals surface area contributed by atoms with Gasteiger partial charge in [-0.2, -0.15) is 0 Å². The molecule has 2 heteroatoms. The van der Waals surface area contributed by atoms with Crippen LogP contribution in [-0.2, 0) is 0 Å². The summed E-state index contributed by atoms with van der Waals surface area (Å²) in [4.78, 5) is 5.37. The molecule has 6 aromatic carbocycles. The van der Waals surface area contributed by atoms with Crippen molar-refractivity contribution in [3.05, 3.63) is 158 Å². The maximum atomic E-state index is 2.45. The molecule has 0 radical (unpaired) electrons. The molecular weight excluding hydrogens is 497 g/mol. The lowest BCUT2D eigenvalue weighted by molar-refractivity contribution is 1.24. The molecule has 0 atom stereocenters. The molecule has 0 nitrogen and oxygen atoms in total. The maximum Gasteiger partial charge on any atom is 0.0433 e. The van der Waals surface area contributed by atoms with E-state index in [1.807, 2.05) is 11.3 Å². The highest BCUT2D eigenvalue weighted by Gasteiger charge is 2.33. The van der Waals surface area contributed by atoms with Gasteiger partial charge >= 0.3 is 0 Å². The van der Waals surface area contributed by atoms with Crippen LogP contribution in [0.2, 0.25) is 0 Å². The monoisotopic (exact) mass is 522 g/mol. The molecule has 1 aromatic heterocycles. The Labute approximate surface area is 229 Å². The van der Waals surface area contributed by atoms with Gasteiger partial charge in [-0.25, -0.2) is 0 Å². The predicted octanol–water partition coefficient (Wildman–Crippen LogP) is 11.1. The normalized spacial score (nSPS) is 12.1. The van der Waals surface area contributed by atoms with Gasteiger partial charge < -0.3 is 0 Å². The van der Waals surface area contributed by atoms with Crippen LogP contribution in [0.5, 0.6) is 0 Å². The van der Waals surface area contributed by atoms with Crippen LogP contribution in [0, 0.1) is 0 Å². The van der Waals surface area contributed by atoms with E-state index in [-0.39, 0.29) is 0 Å². The summed E-state index contributed by atoms with van der Waals surface area (Å²) in [5, 5.41) is 2.67. The first-order valence-corrected chi connectivity index (χ1v) is 15.3. The number of hydrogen-bond donors (Lipinski definition) is 0. The Bertz CT molecular complexity index is 1760. The van der Waals surface area contributed by atoms with Gasteiger partial charge in [-0.1, -0.05) is 103 Å². The number of fused-ring (bicyclic) bond motifs is 3. The van der Waals surface area contributed by atoms with Gasteiger partial charge in [0.2, 0.25) is 0 Å². The molecule has 0 aliphatic carbocycles. The highest BCUT2D eigenvalue weighted by atomic mass is 32.3. The quantitative estimate of drug-likeness (QED) is 0.211. The van der Waals surface area contributed by atoms with Gasteiger partial charge in [0.25, 0.3) is 0 Å². The van der Waals surface area contributed by atoms with Crippen LogP contribution >= 0.6 is 21.4 Å². The van der Waals surface area contributed by atoms with Gasteiger partial charge in [0.15, 0.2) is 0 Å². The van der Waals surface area contributed by atoms with Crippen molar-refractivity contribution in [2.75, 3.05) is 0 Å². The van der Waals surface area contributed by atoms with E-state index in [2.05, 4.69) is 158 Å². The summed E-state index contributed by atoms with van der Waals surface area (Å²) < 4.78 is 2.69. The van der Waals surface area contributed by atoms with Crippen LogP contribution in [0.4, 0.5) is 0 Å². The molecule has 1 heterocycles. The van der Waals surface area contributed by atoms with Crippen LogP contribution in [0.25, 0.3) is 31.3 Å². The van der Waals surface area contributed by atoms with Crippen molar-refractivity contribution in [2.45, 2.75) is 19.6 Å². The fourth-order valence-electron chi connectivity index (χ4n) is 5.52. The van der Waals surface area contributed by atoms with E-state index in [9.17, 15) is 0 Å². The molecule has 0 unspecified atom stereocenters. The van der Waals surface area contributed by atoms with Crippen molar-refractivity contribution in [3.63, 3.8) is 0 Å². The fourth-order valence-corrected chi connectivity index (χ4v) is 10.7. The molecule has 7 aromatic rings. The molecule has 0 N–H and O–H groups in total. The van der Waals surface area contributed by atoms with Gasteiger partial charge in [-0.15, -0.1) is 21.4 Å². The Hall–Kier alpha value is -4.11. The van der Waals surface area contributed by atoms with E-state index in [0.29, 0.717) is 0 Å². The number of rotatable bonds is 5. The van der Waals surface area contributed by atoms with Gasteiger partial charge in [0, 0.05) is 39.8 Å². The smallest absolute Gasteiger partial charge is 0.0433 e. The lowest BCUT2D eigenvalue weighted by Gasteiger charge is -2.42. The lowest BCUT2D eigenvalue weighted by atomic mass is 10.0. The van der Waals surface area contributed by atoms with E-state index in [4.69, 9.17) is 0 Å². The molecule has 38 heavy (non-hydrogen) atoms. The number of thiophene rings is 1. The third-order valence-electron chi connectivity index (χ3n) is 7.19. The van der Waals surface area contributed by atoms with Gasteiger partial charge in [-0.3, -0.25) is 0 Å². The summed E-state index contributed by atoms with van der Waals surface area (Å²) in [6.07, 6.45) is 0. The Morgan fingerprint density at radius 1 is 0.395 bits per heavy atom.